The van der Waals surface area contributed by atoms with Gasteiger partial charge in [-0.1, -0.05) is 41.5 Å². The van der Waals surface area contributed by atoms with E-state index in [2.05, 4.69) is 20.8 Å². The number of nitrogens with zero attached hydrogens (tertiary/aromatic N) is 2. The van der Waals surface area contributed by atoms with E-state index >= 15 is 0 Å². The molecule has 0 aliphatic heterocycles. The molecule has 0 saturated heterocycles. The van der Waals surface area contributed by atoms with Crippen LogP contribution in [0.4, 0.5) is 0 Å². The molecule has 0 aromatic carbocycles. The van der Waals surface area contributed by atoms with Crippen LogP contribution >= 0.6 is 0 Å². The monoisotopic (exact) mass is 620 g/mol. The molecule has 0 rings (SSSR count). The van der Waals surface area contributed by atoms with Crippen molar-refractivity contribution >= 4 is 0 Å². The van der Waals surface area contributed by atoms with Crippen LogP contribution in [0, 0.1) is 26.7 Å². The molecule has 0 N–H and O–H groups in total. The Balaban J connectivity index is -0.0000000545. The molecule has 0 aromatic heterocycles. The zero-order chi connectivity index (χ0) is 17.4. The van der Waals surface area contributed by atoms with Crippen LogP contribution in [-0.2, 0) is 39.3 Å². The molecule has 4 heteroatoms. The van der Waals surface area contributed by atoms with Crippen LogP contribution in [0.2, 0.25) is 0 Å². The zero-order valence-corrected chi connectivity index (χ0v) is 20.3. The Hall–Kier alpha value is 0.197. The fourth-order valence-electron chi connectivity index (χ4n) is 0.337. The van der Waals surface area contributed by atoms with E-state index in [1.54, 1.807) is 12.8 Å². The van der Waals surface area contributed by atoms with Gasteiger partial charge >= 0.3 is 110 Å². The summed E-state index contributed by atoms with van der Waals surface area (Å²) in [6, 6.07) is 0. The van der Waals surface area contributed by atoms with Crippen LogP contribution < -0.4 is 0 Å². The molecule has 0 spiro atoms. The Morgan fingerprint density at radius 1 is 0.950 bits per heavy atom. The summed E-state index contributed by atoms with van der Waals surface area (Å²) in [6.07, 6.45) is 7.21. The van der Waals surface area contributed by atoms with E-state index in [1.165, 1.54) is 39.3 Å². The van der Waals surface area contributed by atoms with Crippen LogP contribution in [0.3, 0.4) is 0 Å². The molecule has 0 aliphatic rings. The average molecular weight is 620 g/mol. The summed E-state index contributed by atoms with van der Waals surface area (Å²) in [4.78, 5) is 0. The third kappa shape index (κ3) is 51.8. The number of hydrogen-bond acceptors (Lipinski definition) is 2. The summed E-state index contributed by atoms with van der Waals surface area (Å²) in [6.45, 7) is 23.0. The van der Waals surface area contributed by atoms with E-state index in [1.807, 2.05) is 67.7 Å². The molecule has 0 unspecified atom stereocenters. The predicted octanol–water partition coefficient (Wildman–Crippen LogP) is 6.40. The van der Waals surface area contributed by atoms with Crippen molar-refractivity contribution in [2.75, 3.05) is 0 Å². The second-order valence-electron chi connectivity index (χ2n) is 2.32. The van der Waals surface area contributed by atoms with Gasteiger partial charge in [-0.3, -0.25) is 0 Å². The fraction of sp³-hybridized carbons (Fsp3) is 0.500. The maximum atomic E-state index is 3.95. The third-order valence-electron chi connectivity index (χ3n) is 1.08. The molecule has 0 bridgehead atoms. The molecule has 0 amide bonds. The molecular formula is C16H32N2W2. The molecular weight excluding hydrogens is 588 g/mol. The maximum absolute atomic E-state index is 3.95. The second-order valence-corrected chi connectivity index (χ2v) is 3.73. The normalized spacial score (nSPS) is 8.50. The van der Waals surface area contributed by atoms with Gasteiger partial charge < -0.3 is 0 Å². The summed E-state index contributed by atoms with van der Waals surface area (Å²) in [5, 5.41) is 0. The number of allylic oxidation sites excluding steroid dienone is 3. The van der Waals surface area contributed by atoms with Crippen LogP contribution in [0.25, 0.3) is 0 Å². The van der Waals surface area contributed by atoms with Crippen molar-refractivity contribution in [3.63, 3.8) is 0 Å². The minimum absolute atomic E-state index is 1.05. The molecule has 0 aliphatic carbocycles. The van der Waals surface area contributed by atoms with Crippen molar-refractivity contribution in [2.24, 2.45) is 6.99 Å². The van der Waals surface area contributed by atoms with E-state index < -0.39 is 0 Å². The standard InChI is InChI=1S/2C5H7N.3C2H6.2W/c1-3-5(2)4-6;1-3-4-5(2)6;3*1-2;;/h2*3-4H,1H2,2H3;3*1-2H3;;. The van der Waals surface area contributed by atoms with Crippen molar-refractivity contribution in [2.45, 2.75) is 55.4 Å². The van der Waals surface area contributed by atoms with Crippen LogP contribution in [0.5, 0.6) is 0 Å². The van der Waals surface area contributed by atoms with Gasteiger partial charge in [0.25, 0.3) is 0 Å². The summed E-state index contributed by atoms with van der Waals surface area (Å²) in [5.74, 6) is 0. The van der Waals surface area contributed by atoms with E-state index in [-0.39, 0.29) is 0 Å². The molecule has 0 heterocycles. The van der Waals surface area contributed by atoms with Gasteiger partial charge in [0.2, 0.25) is 0 Å². The van der Waals surface area contributed by atoms with Crippen molar-refractivity contribution in [3.05, 3.63) is 50.2 Å². The Labute approximate surface area is 151 Å². The van der Waals surface area contributed by atoms with E-state index in [0.29, 0.717) is 0 Å². The first-order valence-electron chi connectivity index (χ1n) is 6.86. The first-order valence-corrected chi connectivity index (χ1v) is 9.49. The molecule has 0 radical (unpaired) electrons. The van der Waals surface area contributed by atoms with E-state index in [0.717, 1.165) is 11.3 Å². The van der Waals surface area contributed by atoms with Crippen LogP contribution in [0.1, 0.15) is 55.4 Å². The average Bonchev–Trinajstić information content (AvgIpc) is 2.54. The van der Waals surface area contributed by atoms with E-state index in [4.69, 9.17) is 0 Å². The molecule has 0 atom stereocenters. The molecule has 0 fully saturated rings. The van der Waals surface area contributed by atoms with Crippen molar-refractivity contribution in [3.8, 4) is 0 Å². The van der Waals surface area contributed by atoms with Crippen LogP contribution in [-0.4, -0.2) is 0 Å². The quantitative estimate of drug-likeness (QED) is 0.326. The van der Waals surface area contributed by atoms with E-state index in [9.17, 15) is 0 Å². The number of hydrogen-bond donors (Lipinski definition) is 0. The molecule has 0 saturated carbocycles. The molecule has 2 nitrogen and oxygen atoms in total. The van der Waals surface area contributed by atoms with Gasteiger partial charge in [-0.15, -0.1) is 0 Å². The first-order chi connectivity index (χ1) is 9.62. The third-order valence-corrected chi connectivity index (χ3v) is 2.49. The molecule has 0 aromatic rings. The van der Waals surface area contributed by atoms with Gasteiger partial charge in [-0.2, -0.15) is 0 Å². The Kier molecular flexibility index (Phi) is 68.9. The summed E-state index contributed by atoms with van der Waals surface area (Å²) in [7, 11) is 0. The first kappa shape index (κ1) is 32.2. The molecule has 20 heavy (non-hydrogen) atoms. The predicted molar refractivity (Wildman–Crippen MR) is 85.7 cm³/mol. The number of rotatable bonds is 4. The van der Waals surface area contributed by atoms with Crippen molar-refractivity contribution in [1.29, 1.82) is 0 Å². The SMILES string of the molecule is CC.CC.CC.[CH2-][CH+]C(C)=C[N]=[W].[CH2-][CH+]C=C(C)[N]=[W]. The Morgan fingerprint density at radius 3 is 1.45 bits per heavy atom. The summed E-state index contributed by atoms with van der Waals surface area (Å²) in [5.41, 5.74) is 2.17. The van der Waals surface area contributed by atoms with Gasteiger partial charge in [-0.25, -0.2) is 0 Å². The fourth-order valence-corrected chi connectivity index (χ4v) is 1.15. The Bertz CT molecular complexity index is 223. The van der Waals surface area contributed by atoms with Crippen molar-refractivity contribution < 1.29 is 39.3 Å². The minimum atomic E-state index is 1.05. The summed E-state index contributed by atoms with van der Waals surface area (Å²) < 4.78 is 7.81. The van der Waals surface area contributed by atoms with Gasteiger partial charge in [0.05, 0.1) is 0 Å². The second kappa shape index (κ2) is 42.7. The molecule has 118 valence electrons. The zero-order valence-electron chi connectivity index (χ0n) is 14.4. The van der Waals surface area contributed by atoms with Gasteiger partial charge in [0, 0.05) is 0 Å². The van der Waals surface area contributed by atoms with Gasteiger partial charge in [-0.05, 0) is 0 Å². The topological polar surface area (TPSA) is 24.7 Å². The summed E-state index contributed by atoms with van der Waals surface area (Å²) >= 11 is 2.47. The Morgan fingerprint density at radius 2 is 1.35 bits per heavy atom. The van der Waals surface area contributed by atoms with Gasteiger partial charge in [0.15, 0.2) is 0 Å². The van der Waals surface area contributed by atoms with Crippen LogP contribution in [0.15, 0.2) is 30.5 Å². The van der Waals surface area contributed by atoms with Gasteiger partial charge in [0.1, 0.15) is 0 Å². The van der Waals surface area contributed by atoms with Crippen molar-refractivity contribution in [1.82, 2.24) is 0 Å².